The predicted octanol–water partition coefficient (Wildman–Crippen LogP) is 3.64. The van der Waals surface area contributed by atoms with Crippen molar-refractivity contribution >= 4 is 22.6 Å². The Morgan fingerprint density at radius 1 is 1.17 bits per heavy atom. The SMILES string of the molecule is CC(=O)Nc1ccccc1OCc1cc(=O)oc2cc(C)ccc12. The normalized spacial score (nSPS) is 10.6. The lowest BCUT2D eigenvalue weighted by Crippen LogP contribution is -2.08. The summed E-state index contributed by atoms with van der Waals surface area (Å²) in [5.74, 6) is 0.369. The second-order valence-electron chi connectivity index (χ2n) is 5.56. The van der Waals surface area contributed by atoms with Crippen LogP contribution in [0.25, 0.3) is 11.0 Å². The van der Waals surface area contributed by atoms with Gasteiger partial charge in [-0.1, -0.05) is 24.3 Å². The fourth-order valence-electron chi connectivity index (χ4n) is 2.50. The molecule has 1 heterocycles. The van der Waals surface area contributed by atoms with Crippen LogP contribution in [0.5, 0.6) is 5.75 Å². The van der Waals surface area contributed by atoms with E-state index in [2.05, 4.69) is 5.32 Å². The maximum absolute atomic E-state index is 11.8. The summed E-state index contributed by atoms with van der Waals surface area (Å²) in [6, 6.07) is 14.3. The Hall–Kier alpha value is -3.08. The summed E-state index contributed by atoms with van der Waals surface area (Å²) >= 11 is 0. The topological polar surface area (TPSA) is 68.5 Å². The maximum Gasteiger partial charge on any atom is 0.336 e. The van der Waals surface area contributed by atoms with E-state index >= 15 is 0 Å². The van der Waals surface area contributed by atoms with Crippen molar-refractivity contribution < 1.29 is 13.9 Å². The van der Waals surface area contributed by atoms with Gasteiger partial charge in [-0.3, -0.25) is 4.79 Å². The number of anilines is 1. The third-order valence-electron chi connectivity index (χ3n) is 3.57. The van der Waals surface area contributed by atoms with Gasteiger partial charge in [0.2, 0.25) is 5.91 Å². The molecule has 3 aromatic rings. The molecule has 0 atom stereocenters. The zero-order valence-corrected chi connectivity index (χ0v) is 13.5. The van der Waals surface area contributed by atoms with Gasteiger partial charge in [-0.25, -0.2) is 4.79 Å². The number of carbonyl (C=O) groups excluding carboxylic acids is 1. The first kappa shape index (κ1) is 15.8. The quantitative estimate of drug-likeness (QED) is 0.744. The molecular formula is C19H17NO4. The Kier molecular flexibility index (Phi) is 4.33. The van der Waals surface area contributed by atoms with Crippen LogP contribution in [-0.4, -0.2) is 5.91 Å². The van der Waals surface area contributed by atoms with Gasteiger partial charge in [0, 0.05) is 23.9 Å². The van der Waals surface area contributed by atoms with Crippen LogP contribution in [0, 0.1) is 6.92 Å². The summed E-state index contributed by atoms with van der Waals surface area (Å²) in [4.78, 5) is 23.0. The number of nitrogens with one attached hydrogen (secondary N) is 1. The zero-order chi connectivity index (χ0) is 17.1. The number of benzene rings is 2. The third kappa shape index (κ3) is 3.46. The lowest BCUT2D eigenvalue weighted by Gasteiger charge is -2.12. The summed E-state index contributed by atoms with van der Waals surface area (Å²) in [5.41, 5.74) is 2.46. The van der Waals surface area contributed by atoms with Crippen LogP contribution in [-0.2, 0) is 11.4 Å². The number of aryl methyl sites for hydroxylation is 1. The first-order valence-electron chi connectivity index (χ1n) is 7.56. The molecule has 24 heavy (non-hydrogen) atoms. The Morgan fingerprint density at radius 3 is 2.75 bits per heavy atom. The minimum Gasteiger partial charge on any atom is -0.487 e. The summed E-state index contributed by atoms with van der Waals surface area (Å²) in [6.45, 7) is 3.57. The van der Waals surface area contributed by atoms with E-state index in [-0.39, 0.29) is 12.5 Å². The average Bonchev–Trinajstić information content (AvgIpc) is 2.52. The smallest absolute Gasteiger partial charge is 0.336 e. The van der Waals surface area contributed by atoms with Crippen molar-refractivity contribution in [3.05, 3.63) is 70.1 Å². The van der Waals surface area contributed by atoms with E-state index in [0.717, 1.165) is 16.5 Å². The minimum atomic E-state index is -0.415. The molecule has 0 aliphatic rings. The molecule has 1 aromatic heterocycles. The van der Waals surface area contributed by atoms with E-state index < -0.39 is 5.63 Å². The maximum atomic E-state index is 11.8. The van der Waals surface area contributed by atoms with Crippen LogP contribution in [0.3, 0.4) is 0 Å². The first-order valence-corrected chi connectivity index (χ1v) is 7.56. The van der Waals surface area contributed by atoms with E-state index in [4.69, 9.17) is 9.15 Å². The number of hydrogen-bond acceptors (Lipinski definition) is 4. The zero-order valence-electron chi connectivity index (χ0n) is 13.5. The van der Waals surface area contributed by atoms with Crippen molar-refractivity contribution in [1.29, 1.82) is 0 Å². The van der Waals surface area contributed by atoms with Gasteiger partial charge in [-0.2, -0.15) is 0 Å². The highest BCUT2D eigenvalue weighted by Crippen LogP contribution is 2.26. The number of para-hydroxylation sites is 2. The van der Waals surface area contributed by atoms with Gasteiger partial charge in [0.15, 0.2) is 0 Å². The Balaban J connectivity index is 1.92. The molecule has 5 nitrogen and oxygen atoms in total. The fourth-order valence-corrected chi connectivity index (χ4v) is 2.50. The van der Waals surface area contributed by atoms with E-state index in [1.54, 1.807) is 12.1 Å². The van der Waals surface area contributed by atoms with Crippen LogP contribution < -0.4 is 15.7 Å². The fraction of sp³-hybridized carbons (Fsp3) is 0.158. The molecule has 0 aliphatic heterocycles. The first-order chi connectivity index (χ1) is 11.5. The number of ether oxygens (including phenoxy) is 1. The summed E-state index contributed by atoms with van der Waals surface area (Å²) < 4.78 is 11.1. The Morgan fingerprint density at radius 2 is 1.96 bits per heavy atom. The highest BCUT2D eigenvalue weighted by atomic mass is 16.5. The van der Waals surface area contributed by atoms with Gasteiger partial charge in [0.1, 0.15) is 17.9 Å². The van der Waals surface area contributed by atoms with Crippen molar-refractivity contribution in [2.75, 3.05) is 5.32 Å². The third-order valence-corrected chi connectivity index (χ3v) is 3.57. The number of carbonyl (C=O) groups is 1. The number of hydrogen-bond donors (Lipinski definition) is 1. The molecule has 0 unspecified atom stereocenters. The molecule has 122 valence electrons. The van der Waals surface area contributed by atoms with Crippen LogP contribution in [0.1, 0.15) is 18.1 Å². The molecule has 0 bridgehead atoms. The molecule has 0 fully saturated rings. The van der Waals surface area contributed by atoms with Crippen LogP contribution >= 0.6 is 0 Å². The molecular weight excluding hydrogens is 306 g/mol. The number of rotatable bonds is 4. The Bertz CT molecular complexity index is 959. The molecule has 3 rings (SSSR count). The highest BCUT2D eigenvalue weighted by Gasteiger charge is 2.09. The van der Waals surface area contributed by atoms with E-state index in [1.807, 2.05) is 37.3 Å². The van der Waals surface area contributed by atoms with Crippen molar-refractivity contribution in [2.45, 2.75) is 20.5 Å². The molecule has 0 radical (unpaired) electrons. The van der Waals surface area contributed by atoms with E-state index in [9.17, 15) is 9.59 Å². The largest absolute Gasteiger partial charge is 0.487 e. The molecule has 0 saturated carbocycles. The van der Waals surface area contributed by atoms with Crippen molar-refractivity contribution in [3.8, 4) is 5.75 Å². The minimum absolute atomic E-state index is 0.174. The lowest BCUT2D eigenvalue weighted by molar-refractivity contribution is -0.114. The van der Waals surface area contributed by atoms with Crippen LogP contribution in [0.4, 0.5) is 5.69 Å². The van der Waals surface area contributed by atoms with E-state index in [1.165, 1.54) is 13.0 Å². The van der Waals surface area contributed by atoms with Crippen molar-refractivity contribution in [2.24, 2.45) is 0 Å². The van der Waals surface area contributed by atoms with Gasteiger partial charge in [0.05, 0.1) is 5.69 Å². The molecule has 1 amide bonds. The van der Waals surface area contributed by atoms with Gasteiger partial charge in [0.25, 0.3) is 0 Å². The lowest BCUT2D eigenvalue weighted by atomic mass is 10.1. The monoisotopic (exact) mass is 323 g/mol. The number of amides is 1. The Labute approximate surface area is 138 Å². The van der Waals surface area contributed by atoms with Gasteiger partial charge < -0.3 is 14.5 Å². The predicted molar refractivity (Wildman–Crippen MR) is 92.3 cm³/mol. The number of fused-ring (bicyclic) bond motifs is 1. The summed E-state index contributed by atoms with van der Waals surface area (Å²) in [7, 11) is 0. The van der Waals surface area contributed by atoms with Gasteiger partial charge in [-0.05, 0) is 30.7 Å². The van der Waals surface area contributed by atoms with Crippen molar-refractivity contribution in [3.63, 3.8) is 0 Å². The van der Waals surface area contributed by atoms with E-state index in [0.29, 0.717) is 17.0 Å². The van der Waals surface area contributed by atoms with Crippen LogP contribution in [0.15, 0.2) is 57.7 Å². The molecule has 0 aliphatic carbocycles. The molecule has 1 N–H and O–H groups in total. The molecule has 2 aromatic carbocycles. The second kappa shape index (κ2) is 6.58. The standard InChI is InChI=1S/C19H17NO4/c1-12-7-8-15-14(10-19(22)24-18(15)9-12)11-23-17-6-4-3-5-16(17)20-13(2)21/h3-10H,11H2,1-2H3,(H,20,21). The van der Waals surface area contributed by atoms with Gasteiger partial charge in [-0.15, -0.1) is 0 Å². The molecule has 5 heteroatoms. The molecule has 0 spiro atoms. The average molecular weight is 323 g/mol. The van der Waals surface area contributed by atoms with Gasteiger partial charge >= 0.3 is 5.63 Å². The summed E-state index contributed by atoms with van der Waals surface area (Å²) in [5, 5.41) is 3.55. The second-order valence-corrected chi connectivity index (χ2v) is 5.56. The summed E-state index contributed by atoms with van der Waals surface area (Å²) in [6.07, 6.45) is 0. The van der Waals surface area contributed by atoms with Crippen molar-refractivity contribution in [1.82, 2.24) is 0 Å². The van der Waals surface area contributed by atoms with Crippen LogP contribution in [0.2, 0.25) is 0 Å². The highest BCUT2D eigenvalue weighted by molar-refractivity contribution is 5.90. The molecule has 0 saturated heterocycles.